The minimum Gasteiger partial charge on any atom is -0.302 e. The number of aromatic nitrogens is 3. The highest BCUT2D eigenvalue weighted by atomic mass is 32.2. The van der Waals surface area contributed by atoms with Crippen molar-refractivity contribution in [3.8, 4) is 0 Å². The summed E-state index contributed by atoms with van der Waals surface area (Å²) in [6, 6.07) is 1.71. The Balaban J connectivity index is 2.86. The van der Waals surface area contributed by atoms with Gasteiger partial charge in [0.25, 0.3) is 0 Å². The lowest BCUT2D eigenvalue weighted by molar-refractivity contribution is 0.564. The fourth-order valence-electron chi connectivity index (χ4n) is 1.18. The first-order valence-corrected chi connectivity index (χ1v) is 4.71. The Labute approximate surface area is 76.7 Å². The molecule has 2 aromatic rings. The number of fused-ring (bicyclic) bond motifs is 1. The Bertz CT molecular complexity index is 480. The molecule has 0 aliphatic rings. The summed E-state index contributed by atoms with van der Waals surface area (Å²) in [6.07, 6.45) is 3.25. The van der Waals surface area contributed by atoms with Gasteiger partial charge in [-0.25, -0.2) is 13.7 Å². The predicted octanol–water partition coefficient (Wildman–Crippen LogP) is 0.618. The summed E-state index contributed by atoms with van der Waals surface area (Å²) in [5.74, 6) is 0. The molecule has 0 amide bonds. The van der Waals surface area contributed by atoms with E-state index in [-0.39, 0.29) is 4.90 Å². The molecule has 2 rings (SSSR count). The van der Waals surface area contributed by atoms with Crippen LogP contribution in [-0.4, -0.2) is 23.4 Å². The molecule has 1 N–H and O–H groups in total. The molecule has 0 saturated heterocycles. The van der Waals surface area contributed by atoms with Crippen molar-refractivity contribution < 1.29 is 8.76 Å². The van der Waals surface area contributed by atoms with Crippen LogP contribution in [0.25, 0.3) is 5.65 Å². The first-order valence-electron chi connectivity index (χ1n) is 3.61. The van der Waals surface area contributed by atoms with Crippen molar-refractivity contribution in [2.24, 2.45) is 0 Å². The third kappa shape index (κ3) is 1.24. The lowest BCUT2D eigenvalue weighted by atomic mass is 10.5. The molecule has 0 aromatic carbocycles. The van der Waals surface area contributed by atoms with Crippen LogP contribution in [0.3, 0.4) is 0 Å². The summed E-state index contributed by atoms with van der Waals surface area (Å²) in [4.78, 5) is 4.25. The van der Waals surface area contributed by atoms with Crippen molar-refractivity contribution in [1.82, 2.24) is 14.6 Å². The van der Waals surface area contributed by atoms with Gasteiger partial charge in [-0.2, -0.15) is 5.10 Å². The zero-order valence-electron chi connectivity index (χ0n) is 6.84. The first-order chi connectivity index (χ1) is 6.20. The molecule has 0 fully saturated rings. The van der Waals surface area contributed by atoms with Crippen molar-refractivity contribution in [1.29, 1.82) is 0 Å². The summed E-state index contributed by atoms with van der Waals surface area (Å²) >= 11 is -2.03. The zero-order valence-corrected chi connectivity index (χ0v) is 7.65. The maximum absolute atomic E-state index is 10.9. The Morgan fingerprint density at radius 2 is 2.38 bits per heavy atom. The van der Waals surface area contributed by atoms with Crippen LogP contribution in [0.4, 0.5) is 0 Å². The van der Waals surface area contributed by atoms with E-state index in [1.807, 2.05) is 0 Å². The van der Waals surface area contributed by atoms with E-state index in [4.69, 9.17) is 4.55 Å². The molecule has 2 aromatic heterocycles. The van der Waals surface area contributed by atoms with Gasteiger partial charge in [-0.15, -0.1) is 0 Å². The van der Waals surface area contributed by atoms with E-state index < -0.39 is 11.1 Å². The molecule has 0 spiro atoms. The molecule has 5 nitrogen and oxygen atoms in total. The highest BCUT2D eigenvalue weighted by molar-refractivity contribution is 7.79. The number of aryl methyl sites for hydroxylation is 1. The highest BCUT2D eigenvalue weighted by Crippen LogP contribution is 2.15. The van der Waals surface area contributed by atoms with Gasteiger partial charge < -0.3 is 4.55 Å². The van der Waals surface area contributed by atoms with E-state index in [1.165, 1.54) is 4.52 Å². The lowest BCUT2D eigenvalue weighted by Gasteiger charge is -1.91. The van der Waals surface area contributed by atoms with E-state index in [9.17, 15) is 4.21 Å². The molecule has 68 valence electrons. The SMILES string of the molecule is Cc1nn2cccnc2c1S(=O)O. The van der Waals surface area contributed by atoms with Crippen LogP contribution >= 0.6 is 0 Å². The van der Waals surface area contributed by atoms with Crippen LogP contribution in [-0.2, 0) is 11.1 Å². The Hall–Kier alpha value is -1.27. The van der Waals surface area contributed by atoms with Crippen LogP contribution in [0.2, 0.25) is 0 Å². The average Bonchev–Trinajstić information content (AvgIpc) is 2.39. The normalized spacial score (nSPS) is 13.4. The molecule has 2 heterocycles. The lowest BCUT2D eigenvalue weighted by Crippen LogP contribution is -1.91. The maximum atomic E-state index is 10.9. The van der Waals surface area contributed by atoms with Gasteiger partial charge in [0.05, 0.1) is 5.69 Å². The highest BCUT2D eigenvalue weighted by Gasteiger charge is 2.14. The van der Waals surface area contributed by atoms with Gasteiger partial charge in [-0.1, -0.05) is 0 Å². The minimum atomic E-state index is -2.03. The monoisotopic (exact) mass is 197 g/mol. The molecular weight excluding hydrogens is 190 g/mol. The van der Waals surface area contributed by atoms with Crippen LogP contribution in [0.15, 0.2) is 23.4 Å². The standard InChI is InChI=1S/C7H7N3O2S/c1-5-6(13(11)12)7-8-3-2-4-10(7)9-5/h2-4H,1H3,(H,11,12). The number of hydrogen-bond acceptors (Lipinski definition) is 3. The van der Waals surface area contributed by atoms with E-state index in [0.717, 1.165) is 0 Å². The van der Waals surface area contributed by atoms with Gasteiger partial charge in [-0.3, -0.25) is 0 Å². The quantitative estimate of drug-likeness (QED) is 0.680. The van der Waals surface area contributed by atoms with Gasteiger partial charge in [0.1, 0.15) is 4.90 Å². The van der Waals surface area contributed by atoms with Gasteiger partial charge in [0.15, 0.2) is 16.7 Å². The van der Waals surface area contributed by atoms with Gasteiger partial charge in [0, 0.05) is 12.4 Å². The molecule has 0 aliphatic heterocycles. The maximum Gasteiger partial charge on any atom is 0.192 e. The third-order valence-corrected chi connectivity index (χ3v) is 2.52. The van der Waals surface area contributed by atoms with Crippen molar-refractivity contribution in [3.63, 3.8) is 0 Å². The van der Waals surface area contributed by atoms with Crippen molar-refractivity contribution >= 4 is 16.7 Å². The second kappa shape index (κ2) is 2.90. The largest absolute Gasteiger partial charge is 0.302 e. The van der Waals surface area contributed by atoms with Crippen molar-refractivity contribution in [3.05, 3.63) is 24.2 Å². The van der Waals surface area contributed by atoms with Crippen LogP contribution in [0.5, 0.6) is 0 Å². The van der Waals surface area contributed by atoms with Crippen molar-refractivity contribution in [2.45, 2.75) is 11.8 Å². The summed E-state index contributed by atoms with van der Waals surface area (Å²) in [7, 11) is 0. The van der Waals surface area contributed by atoms with Gasteiger partial charge >= 0.3 is 0 Å². The number of rotatable bonds is 1. The molecule has 0 radical (unpaired) electrons. The van der Waals surface area contributed by atoms with Crippen LogP contribution in [0, 0.1) is 6.92 Å². The number of hydrogen-bond donors (Lipinski definition) is 1. The summed E-state index contributed by atoms with van der Waals surface area (Å²) in [5.41, 5.74) is 0.959. The Kier molecular flexibility index (Phi) is 1.86. The molecule has 0 bridgehead atoms. The van der Waals surface area contributed by atoms with E-state index >= 15 is 0 Å². The first kappa shape index (κ1) is 8.33. The molecule has 13 heavy (non-hydrogen) atoms. The summed E-state index contributed by atoms with van der Waals surface area (Å²) < 4.78 is 21.4. The second-order valence-corrected chi connectivity index (χ2v) is 3.46. The molecule has 1 unspecified atom stereocenters. The van der Waals surface area contributed by atoms with Crippen molar-refractivity contribution in [2.75, 3.05) is 0 Å². The molecule has 1 atom stereocenters. The fourth-order valence-corrected chi connectivity index (χ4v) is 1.78. The average molecular weight is 197 g/mol. The van der Waals surface area contributed by atoms with Gasteiger partial charge in [-0.05, 0) is 13.0 Å². The molecule has 0 aliphatic carbocycles. The van der Waals surface area contributed by atoms with E-state index in [0.29, 0.717) is 11.3 Å². The molecular formula is C7H7N3O2S. The van der Waals surface area contributed by atoms with E-state index in [1.54, 1.807) is 25.4 Å². The number of nitrogens with zero attached hydrogens (tertiary/aromatic N) is 3. The summed E-state index contributed by atoms with van der Waals surface area (Å²) in [6.45, 7) is 1.68. The zero-order chi connectivity index (χ0) is 9.42. The fraction of sp³-hybridized carbons (Fsp3) is 0.143. The Morgan fingerprint density at radius 3 is 3.08 bits per heavy atom. The molecule has 6 heteroatoms. The third-order valence-electron chi connectivity index (χ3n) is 1.69. The topological polar surface area (TPSA) is 67.5 Å². The predicted molar refractivity (Wildman–Crippen MR) is 46.8 cm³/mol. The van der Waals surface area contributed by atoms with E-state index in [2.05, 4.69) is 10.1 Å². The Morgan fingerprint density at radius 1 is 1.62 bits per heavy atom. The van der Waals surface area contributed by atoms with Gasteiger partial charge in [0.2, 0.25) is 0 Å². The summed E-state index contributed by atoms with van der Waals surface area (Å²) in [5, 5.41) is 4.04. The molecule has 0 saturated carbocycles. The van der Waals surface area contributed by atoms with Crippen LogP contribution < -0.4 is 0 Å². The minimum absolute atomic E-state index is 0.278. The smallest absolute Gasteiger partial charge is 0.192 e. The second-order valence-electron chi connectivity index (χ2n) is 2.55. The van der Waals surface area contributed by atoms with Crippen LogP contribution in [0.1, 0.15) is 5.69 Å².